The first-order chi connectivity index (χ1) is 9.56. The van der Waals surface area contributed by atoms with Gasteiger partial charge in [0.2, 0.25) is 5.91 Å². The molecule has 110 valence electrons. The minimum Gasteiger partial charge on any atom is -0.325 e. The highest BCUT2D eigenvalue weighted by molar-refractivity contribution is 6.34. The van der Waals surface area contributed by atoms with Crippen molar-refractivity contribution < 1.29 is 4.79 Å². The van der Waals surface area contributed by atoms with Crippen LogP contribution in [0.4, 0.5) is 5.69 Å². The lowest BCUT2D eigenvalue weighted by Gasteiger charge is -2.21. The molecule has 1 N–H and O–H groups in total. The summed E-state index contributed by atoms with van der Waals surface area (Å²) in [6.07, 6.45) is 8.21. The molecule has 0 aliphatic heterocycles. The second-order valence-electron chi connectivity index (χ2n) is 6.03. The molecule has 1 amide bonds. The number of nitrogens with one attached hydrogen (secondary N) is 1. The van der Waals surface area contributed by atoms with Gasteiger partial charge in [-0.25, -0.2) is 0 Å². The van der Waals surface area contributed by atoms with E-state index in [2.05, 4.69) is 5.32 Å². The van der Waals surface area contributed by atoms with Gasteiger partial charge in [0.05, 0.1) is 10.7 Å². The van der Waals surface area contributed by atoms with E-state index in [1.807, 2.05) is 26.0 Å². The Morgan fingerprint density at radius 3 is 2.60 bits per heavy atom. The molecule has 0 saturated heterocycles. The summed E-state index contributed by atoms with van der Waals surface area (Å²) < 4.78 is 0. The lowest BCUT2D eigenvalue weighted by molar-refractivity contribution is -0.116. The number of hydrogen-bond acceptors (Lipinski definition) is 1. The number of halogens is 1. The van der Waals surface area contributed by atoms with E-state index in [4.69, 9.17) is 11.6 Å². The van der Waals surface area contributed by atoms with Crippen LogP contribution in [0.2, 0.25) is 5.02 Å². The molecule has 3 heteroatoms. The number of carbonyl (C=O) groups is 1. The third-order valence-corrected chi connectivity index (χ3v) is 4.50. The molecule has 1 aliphatic rings. The van der Waals surface area contributed by atoms with Crippen LogP contribution >= 0.6 is 11.6 Å². The monoisotopic (exact) mass is 293 g/mol. The van der Waals surface area contributed by atoms with E-state index >= 15 is 0 Å². The molecular formula is C17H24ClNO. The van der Waals surface area contributed by atoms with Crippen molar-refractivity contribution in [3.05, 3.63) is 28.3 Å². The predicted molar refractivity (Wildman–Crippen MR) is 85.4 cm³/mol. The largest absolute Gasteiger partial charge is 0.325 e. The molecule has 0 atom stereocenters. The molecular weight excluding hydrogens is 270 g/mol. The van der Waals surface area contributed by atoms with Crippen molar-refractivity contribution in [2.45, 2.75) is 58.8 Å². The van der Waals surface area contributed by atoms with E-state index in [9.17, 15) is 4.79 Å². The molecule has 1 fully saturated rings. The van der Waals surface area contributed by atoms with E-state index in [0.717, 1.165) is 29.2 Å². The van der Waals surface area contributed by atoms with Gasteiger partial charge in [0, 0.05) is 6.42 Å². The Kier molecular flexibility index (Phi) is 5.47. The number of benzene rings is 1. The molecule has 1 aliphatic carbocycles. The van der Waals surface area contributed by atoms with Crippen LogP contribution in [0, 0.1) is 19.8 Å². The first kappa shape index (κ1) is 15.4. The summed E-state index contributed by atoms with van der Waals surface area (Å²) in [5, 5.41) is 3.61. The molecule has 1 aromatic rings. The summed E-state index contributed by atoms with van der Waals surface area (Å²) in [6.45, 7) is 3.99. The van der Waals surface area contributed by atoms with E-state index in [1.165, 1.54) is 32.1 Å². The zero-order valence-corrected chi connectivity index (χ0v) is 13.2. The van der Waals surface area contributed by atoms with Crippen molar-refractivity contribution in [1.82, 2.24) is 0 Å². The van der Waals surface area contributed by atoms with Crippen molar-refractivity contribution in [2.24, 2.45) is 5.92 Å². The van der Waals surface area contributed by atoms with Gasteiger partial charge < -0.3 is 5.32 Å². The Hall–Kier alpha value is -1.02. The lowest BCUT2D eigenvalue weighted by Crippen LogP contribution is -2.15. The summed E-state index contributed by atoms with van der Waals surface area (Å²) >= 11 is 6.21. The smallest absolute Gasteiger partial charge is 0.224 e. The summed E-state index contributed by atoms with van der Waals surface area (Å²) in [5.74, 6) is 0.827. The molecule has 0 radical (unpaired) electrons. The van der Waals surface area contributed by atoms with Gasteiger partial charge in [-0.1, -0.05) is 49.8 Å². The Bertz CT molecular complexity index is 455. The molecule has 0 spiro atoms. The van der Waals surface area contributed by atoms with Crippen LogP contribution in [0.5, 0.6) is 0 Å². The van der Waals surface area contributed by atoms with Crippen LogP contribution in [0.25, 0.3) is 0 Å². The number of anilines is 1. The topological polar surface area (TPSA) is 29.1 Å². The molecule has 20 heavy (non-hydrogen) atoms. The van der Waals surface area contributed by atoms with Crippen molar-refractivity contribution in [3.63, 3.8) is 0 Å². The molecule has 2 rings (SSSR count). The third-order valence-electron chi connectivity index (χ3n) is 4.20. The van der Waals surface area contributed by atoms with E-state index in [-0.39, 0.29) is 5.91 Å². The van der Waals surface area contributed by atoms with Gasteiger partial charge >= 0.3 is 0 Å². The maximum absolute atomic E-state index is 12.1. The number of carbonyl (C=O) groups excluding carboxylic acids is 1. The van der Waals surface area contributed by atoms with Gasteiger partial charge in [-0.15, -0.1) is 0 Å². The zero-order chi connectivity index (χ0) is 14.5. The quantitative estimate of drug-likeness (QED) is 0.806. The number of amides is 1. The van der Waals surface area contributed by atoms with Gasteiger partial charge in [-0.2, -0.15) is 0 Å². The number of aryl methyl sites for hydroxylation is 2. The van der Waals surface area contributed by atoms with Gasteiger partial charge in [0.25, 0.3) is 0 Å². The standard InChI is InChI=1S/C17H24ClNO/c1-12-10-13(2)17(15(18)11-12)19-16(20)9-8-14-6-4-3-5-7-14/h10-11,14H,3-9H2,1-2H3,(H,19,20). The first-order valence-corrected chi connectivity index (χ1v) is 8.00. The second-order valence-corrected chi connectivity index (χ2v) is 6.44. The molecule has 1 saturated carbocycles. The highest BCUT2D eigenvalue weighted by Crippen LogP contribution is 2.29. The van der Waals surface area contributed by atoms with Crippen LogP contribution in [0.3, 0.4) is 0 Å². The van der Waals surface area contributed by atoms with Crippen molar-refractivity contribution >= 4 is 23.2 Å². The summed E-state index contributed by atoms with van der Waals surface area (Å²) in [5.41, 5.74) is 2.92. The molecule has 0 heterocycles. The summed E-state index contributed by atoms with van der Waals surface area (Å²) in [7, 11) is 0. The maximum Gasteiger partial charge on any atom is 0.224 e. The van der Waals surface area contributed by atoms with E-state index in [0.29, 0.717) is 11.4 Å². The van der Waals surface area contributed by atoms with Crippen LogP contribution in [0.1, 0.15) is 56.1 Å². The fraction of sp³-hybridized carbons (Fsp3) is 0.588. The van der Waals surface area contributed by atoms with Crippen LogP contribution in [-0.4, -0.2) is 5.91 Å². The Labute approximate surface area is 126 Å². The highest BCUT2D eigenvalue weighted by atomic mass is 35.5. The van der Waals surface area contributed by atoms with Crippen LogP contribution < -0.4 is 5.32 Å². The second kappa shape index (κ2) is 7.12. The normalized spacial score (nSPS) is 16.1. The Morgan fingerprint density at radius 1 is 1.25 bits per heavy atom. The molecule has 0 unspecified atom stereocenters. The van der Waals surface area contributed by atoms with E-state index in [1.54, 1.807) is 0 Å². The van der Waals surface area contributed by atoms with Crippen LogP contribution in [-0.2, 0) is 4.79 Å². The SMILES string of the molecule is Cc1cc(C)c(NC(=O)CCC2CCCCC2)c(Cl)c1. The van der Waals surface area contributed by atoms with Crippen molar-refractivity contribution in [1.29, 1.82) is 0 Å². The highest BCUT2D eigenvalue weighted by Gasteiger charge is 2.15. The third kappa shape index (κ3) is 4.24. The van der Waals surface area contributed by atoms with Gasteiger partial charge in [-0.05, 0) is 43.4 Å². The van der Waals surface area contributed by atoms with E-state index < -0.39 is 0 Å². The lowest BCUT2D eigenvalue weighted by atomic mass is 9.86. The first-order valence-electron chi connectivity index (χ1n) is 7.63. The van der Waals surface area contributed by atoms with Crippen LogP contribution in [0.15, 0.2) is 12.1 Å². The fourth-order valence-electron chi connectivity index (χ4n) is 3.09. The minimum absolute atomic E-state index is 0.0874. The van der Waals surface area contributed by atoms with Gasteiger partial charge in [0.15, 0.2) is 0 Å². The maximum atomic E-state index is 12.1. The zero-order valence-electron chi connectivity index (χ0n) is 12.5. The number of hydrogen-bond donors (Lipinski definition) is 1. The molecule has 0 aromatic heterocycles. The summed E-state index contributed by atoms with van der Waals surface area (Å²) in [4.78, 5) is 12.1. The number of rotatable bonds is 4. The molecule has 2 nitrogen and oxygen atoms in total. The molecule has 1 aromatic carbocycles. The predicted octanol–water partition coefficient (Wildman–Crippen LogP) is 5.26. The Balaban J connectivity index is 1.88. The fourth-order valence-corrected chi connectivity index (χ4v) is 3.46. The van der Waals surface area contributed by atoms with Crippen molar-refractivity contribution in [3.8, 4) is 0 Å². The van der Waals surface area contributed by atoms with Gasteiger partial charge in [0.1, 0.15) is 0 Å². The van der Waals surface area contributed by atoms with Gasteiger partial charge in [-0.3, -0.25) is 4.79 Å². The average Bonchev–Trinajstić information content (AvgIpc) is 2.42. The summed E-state index contributed by atoms with van der Waals surface area (Å²) in [6, 6.07) is 3.94. The Morgan fingerprint density at radius 2 is 1.95 bits per heavy atom. The average molecular weight is 294 g/mol. The van der Waals surface area contributed by atoms with Crippen molar-refractivity contribution in [2.75, 3.05) is 5.32 Å². The minimum atomic E-state index is 0.0874. The molecule has 0 bridgehead atoms.